The molecule has 2 unspecified atom stereocenters. The van der Waals surface area contributed by atoms with Crippen molar-refractivity contribution in [2.24, 2.45) is 11.3 Å². The van der Waals surface area contributed by atoms with Gasteiger partial charge in [0, 0.05) is 24.5 Å². The van der Waals surface area contributed by atoms with E-state index in [0.29, 0.717) is 11.5 Å². The summed E-state index contributed by atoms with van der Waals surface area (Å²) in [4.78, 5) is 0. The smallest absolute Gasteiger partial charge is 0.0490 e. The predicted octanol–water partition coefficient (Wildman–Crippen LogP) is 2.32. The molecule has 2 rings (SSSR count). The first-order valence-corrected chi connectivity index (χ1v) is 5.78. The molecular formula is C12H21N3. The van der Waals surface area contributed by atoms with E-state index in [0.717, 1.165) is 12.5 Å². The van der Waals surface area contributed by atoms with Gasteiger partial charge < -0.3 is 5.32 Å². The number of hydrogen-bond donors (Lipinski definition) is 2. The van der Waals surface area contributed by atoms with E-state index in [9.17, 15) is 0 Å². The molecule has 84 valence electrons. The summed E-state index contributed by atoms with van der Waals surface area (Å²) in [7, 11) is 0. The van der Waals surface area contributed by atoms with Crippen LogP contribution in [0.3, 0.4) is 0 Å². The highest BCUT2D eigenvalue weighted by Crippen LogP contribution is 2.40. The lowest BCUT2D eigenvalue weighted by Gasteiger charge is -2.18. The molecule has 0 radical (unpaired) electrons. The molecule has 3 nitrogen and oxygen atoms in total. The molecule has 1 aromatic heterocycles. The third-order valence-corrected chi connectivity index (χ3v) is 3.45. The van der Waals surface area contributed by atoms with Gasteiger partial charge in [-0.1, -0.05) is 20.8 Å². The van der Waals surface area contributed by atoms with E-state index < -0.39 is 0 Å². The maximum atomic E-state index is 3.95. The van der Waals surface area contributed by atoms with Crippen LogP contribution in [0.25, 0.3) is 0 Å². The molecule has 0 spiro atoms. The quantitative estimate of drug-likeness (QED) is 0.798. The van der Waals surface area contributed by atoms with Crippen LogP contribution in [-0.4, -0.2) is 16.2 Å². The minimum atomic E-state index is 0.505. The Morgan fingerprint density at radius 2 is 2.33 bits per heavy atom. The van der Waals surface area contributed by atoms with Crippen molar-refractivity contribution in [1.29, 1.82) is 0 Å². The predicted molar refractivity (Wildman–Crippen MR) is 61.4 cm³/mol. The van der Waals surface area contributed by atoms with E-state index in [1.165, 1.54) is 18.5 Å². The van der Waals surface area contributed by atoms with E-state index in [2.05, 4.69) is 36.3 Å². The Labute approximate surface area is 91.7 Å². The van der Waals surface area contributed by atoms with Crippen molar-refractivity contribution < 1.29 is 0 Å². The molecular weight excluding hydrogens is 186 g/mol. The first kappa shape index (κ1) is 10.7. The summed E-state index contributed by atoms with van der Waals surface area (Å²) >= 11 is 0. The van der Waals surface area contributed by atoms with Gasteiger partial charge in [-0.25, -0.2) is 0 Å². The topological polar surface area (TPSA) is 40.7 Å². The van der Waals surface area contributed by atoms with Gasteiger partial charge in [0.15, 0.2) is 0 Å². The Bertz CT molecular complexity index is 303. The molecule has 1 aliphatic carbocycles. The Kier molecular flexibility index (Phi) is 2.83. The molecule has 1 fully saturated rings. The minimum absolute atomic E-state index is 0.505. The van der Waals surface area contributed by atoms with Crippen molar-refractivity contribution in [2.75, 3.05) is 0 Å². The maximum Gasteiger partial charge on any atom is 0.0490 e. The molecule has 0 bridgehead atoms. The number of hydrogen-bond acceptors (Lipinski definition) is 2. The van der Waals surface area contributed by atoms with Crippen LogP contribution in [-0.2, 0) is 6.54 Å². The van der Waals surface area contributed by atoms with E-state index in [1.54, 1.807) is 6.20 Å². The lowest BCUT2D eigenvalue weighted by atomic mass is 9.91. The second kappa shape index (κ2) is 3.97. The summed E-state index contributed by atoms with van der Waals surface area (Å²) in [5, 5.41) is 10.6. The molecule has 2 N–H and O–H groups in total. The van der Waals surface area contributed by atoms with Crippen molar-refractivity contribution in [1.82, 2.24) is 15.5 Å². The Hall–Kier alpha value is -0.830. The van der Waals surface area contributed by atoms with Crippen LogP contribution in [0.2, 0.25) is 0 Å². The van der Waals surface area contributed by atoms with Gasteiger partial charge in [-0.3, -0.25) is 5.10 Å². The van der Waals surface area contributed by atoms with Crippen molar-refractivity contribution in [2.45, 2.75) is 46.2 Å². The minimum Gasteiger partial charge on any atom is -0.308 e. The normalized spacial score (nSPS) is 29.5. The first-order chi connectivity index (χ1) is 7.07. The number of aromatic nitrogens is 2. The fourth-order valence-electron chi connectivity index (χ4n) is 2.79. The Morgan fingerprint density at radius 3 is 2.87 bits per heavy atom. The molecule has 15 heavy (non-hydrogen) atoms. The van der Waals surface area contributed by atoms with Crippen LogP contribution in [0.4, 0.5) is 0 Å². The molecule has 1 saturated carbocycles. The van der Waals surface area contributed by atoms with Crippen molar-refractivity contribution in [3.05, 3.63) is 18.0 Å². The third-order valence-electron chi connectivity index (χ3n) is 3.45. The zero-order chi connectivity index (χ0) is 10.9. The maximum absolute atomic E-state index is 3.95. The Balaban J connectivity index is 1.85. The zero-order valence-corrected chi connectivity index (χ0v) is 9.88. The van der Waals surface area contributed by atoms with Crippen molar-refractivity contribution >= 4 is 0 Å². The second-order valence-electron chi connectivity index (χ2n) is 5.62. The first-order valence-electron chi connectivity index (χ1n) is 5.78. The van der Waals surface area contributed by atoms with E-state index in [-0.39, 0.29) is 0 Å². The highest BCUT2D eigenvalue weighted by molar-refractivity contribution is 4.99. The fraction of sp³-hybridized carbons (Fsp3) is 0.750. The van der Waals surface area contributed by atoms with Gasteiger partial charge in [-0.05, 0) is 30.2 Å². The van der Waals surface area contributed by atoms with E-state index in [4.69, 9.17) is 0 Å². The largest absolute Gasteiger partial charge is 0.308 e. The molecule has 0 aromatic carbocycles. The zero-order valence-electron chi connectivity index (χ0n) is 9.88. The van der Waals surface area contributed by atoms with Crippen LogP contribution < -0.4 is 5.32 Å². The number of rotatable bonds is 3. The monoisotopic (exact) mass is 207 g/mol. The summed E-state index contributed by atoms with van der Waals surface area (Å²) < 4.78 is 0. The fourth-order valence-corrected chi connectivity index (χ4v) is 2.79. The second-order valence-corrected chi connectivity index (χ2v) is 5.62. The third kappa shape index (κ3) is 2.59. The van der Waals surface area contributed by atoms with Gasteiger partial charge in [0.25, 0.3) is 0 Å². The molecule has 1 heterocycles. The van der Waals surface area contributed by atoms with Crippen molar-refractivity contribution in [3.8, 4) is 0 Å². The lowest BCUT2D eigenvalue weighted by molar-refractivity contribution is 0.362. The summed E-state index contributed by atoms with van der Waals surface area (Å²) in [6.45, 7) is 7.98. The molecule has 0 amide bonds. The summed E-state index contributed by atoms with van der Waals surface area (Å²) in [6.07, 6.45) is 4.41. The van der Waals surface area contributed by atoms with Crippen LogP contribution >= 0.6 is 0 Å². The molecule has 1 aliphatic rings. The van der Waals surface area contributed by atoms with Gasteiger partial charge in [0.1, 0.15) is 0 Å². The van der Waals surface area contributed by atoms with Gasteiger partial charge in [-0.2, -0.15) is 5.10 Å². The van der Waals surface area contributed by atoms with Crippen LogP contribution in [0.15, 0.2) is 12.3 Å². The standard InChI is InChI=1S/C12H21N3/c1-9-6-12(2,3)7-11(9)13-8-10-4-5-14-15-10/h4-5,9,11,13H,6-8H2,1-3H3,(H,14,15). The summed E-state index contributed by atoms with van der Waals surface area (Å²) in [6, 6.07) is 2.68. The average molecular weight is 207 g/mol. The summed E-state index contributed by atoms with van der Waals surface area (Å²) in [5.41, 5.74) is 1.68. The summed E-state index contributed by atoms with van der Waals surface area (Å²) in [5.74, 6) is 0.780. The number of nitrogens with one attached hydrogen (secondary N) is 2. The van der Waals surface area contributed by atoms with Crippen LogP contribution in [0.5, 0.6) is 0 Å². The molecule has 3 heteroatoms. The van der Waals surface area contributed by atoms with Crippen LogP contribution in [0.1, 0.15) is 39.3 Å². The number of aromatic amines is 1. The average Bonchev–Trinajstić information content (AvgIpc) is 2.70. The molecule has 0 aliphatic heterocycles. The Morgan fingerprint density at radius 1 is 1.53 bits per heavy atom. The van der Waals surface area contributed by atoms with Gasteiger partial charge in [0.2, 0.25) is 0 Å². The van der Waals surface area contributed by atoms with E-state index >= 15 is 0 Å². The molecule has 0 saturated heterocycles. The van der Waals surface area contributed by atoms with E-state index in [1.807, 2.05) is 6.07 Å². The highest BCUT2D eigenvalue weighted by Gasteiger charge is 2.36. The molecule has 1 aromatic rings. The van der Waals surface area contributed by atoms with Gasteiger partial charge >= 0.3 is 0 Å². The van der Waals surface area contributed by atoms with Crippen molar-refractivity contribution in [3.63, 3.8) is 0 Å². The lowest BCUT2D eigenvalue weighted by Crippen LogP contribution is -2.31. The highest BCUT2D eigenvalue weighted by atomic mass is 15.1. The van der Waals surface area contributed by atoms with Crippen LogP contribution in [0, 0.1) is 11.3 Å². The van der Waals surface area contributed by atoms with Gasteiger partial charge in [-0.15, -0.1) is 0 Å². The van der Waals surface area contributed by atoms with Gasteiger partial charge in [0.05, 0.1) is 0 Å². The molecule has 2 atom stereocenters. The number of nitrogens with zero attached hydrogens (tertiary/aromatic N) is 1. The number of H-pyrrole nitrogens is 1. The SMILES string of the molecule is CC1CC(C)(C)CC1NCc1ccn[nH]1.